The minimum absolute atomic E-state index is 0.581. The smallest absolute Gasteiger partial charge is 0.0594 e. The van der Waals surface area contributed by atoms with E-state index in [-0.39, 0.29) is 0 Å². The predicted molar refractivity (Wildman–Crippen MR) is 82.0 cm³/mol. The zero-order valence-corrected chi connectivity index (χ0v) is 12.3. The highest BCUT2D eigenvalue weighted by molar-refractivity contribution is 5.25. The number of hydrogen-bond acceptors (Lipinski definition) is 3. The van der Waals surface area contributed by atoms with Crippen LogP contribution < -0.4 is 5.32 Å². The van der Waals surface area contributed by atoms with Gasteiger partial charge in [0.05, 0.1) is 13.2 Å². The van der Waals surface area contributed by atoms with E-state index >= 15 is 0 Å². The van der Waals surface area contributed by atoms with E-state index in [1.165, 1.54) is 36.9 Å². The van der Waals surface area contributed by atoms with Crippen molar-refractivity contribution < 1.29 is 4.74 Å². The quantitative estimate of drug-likeness (QED) is 0.912. The molecule has 0 bridgehead atoms. The van der Waals surface area contributed by atoms with Crippen LogP contribution in [0.4, 0.5) is 0 Å². The summed E-state index contributed by atoms with van der Waals surface area (Å²) in [7, 11) is 0. The van der Waals surface area contributed by atoms with Gasteiger partial charge in [0.15, 0.2) is 0 Å². The number of hydrogen-bond donors (Lipinski definition) is 1. The summed E-state index contributed by atoms with van der Waals surface area (Å²) in [5, 5.41) is 3.62. The van der Waals surface area contributed by atoms with Crippen LogP contribution in [0.5, 0.6) is 0 Å². The molecule has 3 nitrogen and oxygen atoms in total. The molecule has 1 aromatic carbocycles. The second-order valence-electron chi connectivity index (χ2n) is 5.95. The largest absolute Gasteiger partial charge is 0.379 e. The van der Waals surface area contributed by atoms with Gasteiger partial charge < -0.3 is 10.1 Å². The Balaban J connectivity index is 1.50. The van der Waals surface area contributed by atoms with Gasteiger partial charge >= 0.3 is 0 Å². The molecular formula is C17H26N2O. The second-order valence-corrected chi connectivity index (χ2v) is 5.95. The SMILES string of the molecule is c1cc(C2CCCCN2)ccc1CCN1CCOCC1. The summed E-state index contributed by atoms with van der Waals surface area (Å²) in [6, 6.07) is 9.84. The van der Waals surface area contributed by atoms with Gasteiger partial charge in [0.25, 0.3) is 0 Å². The third-order valence-corrected chi connectivity index (χ3v) is 4.51. The highest BCUT2D eigenvalue weighted by atomic mass is 16.5. The maximum absolute atomic E-state index is 5.39. The number of rotatable bonds is 4. The van der Waals surface area contributed by atoms with Gasteiger partial charge in [0, 0.05) is 25.7 Å². The van der Waals surface area contributed by atoms with Gasteiger partial charge in [-0.1, -0.05) is 30.7 Å². The van der Waals surface area contributed by atoms with Crippen LogP contribution in [-0.4, -0.2) is 44.3 Å². The van der Waals surface area contributed by atoms with Gasteiger partial charge in [-0.2, -0.15) is 0 Å². The van der Waals surface area contributed by atoms with Crippen molar-refractivity contribution in [3.05, 3.63) is 35.4 Å². The Morgan fingerprint density at radius 2 is 1.90 bits per heavy atom. The van der Waals surface area contributed by atoms with Gasteiger partial charge in [-0.05, 0) is 36.9 Å². The molecule has 3 heteroatoms. The summed E-state index contributed by atoms with van der Waals surface area (Å²) in [6.07, 6.45) is 5.12. The minimum atomic E-state index is 0.581. The summed E-state index contributed by atoms with van der Waals surface area (Å²) < 4.78 is 5.39. The molecule has 0 saturated carbocycles. The molecule has 0 spiro atoms. The first kappa shape index (κ1) is 14.1. The first-order valence-corrected chi connectivity index (χ1v) is 8.04. The Kier molecular flexibility index (Phi) is 5.06. The standard InChI is InChI=1S/C17H26N2O/c1-2-9-18-17(3-1)16-6-4-15(5-7-16)8-10-19-11-13-20-14-12-19/h4-7,17-18H,1-3,8-14H2. The van der Waals surface area contributed by atoms with Crippen molar-refractivity contribution in [3.8, 4) is 0 Å². The lowest BCUT2D eigenvalue weighted by Crippen LogP contribution is -2.37. The van der Waals surface area contributed by atoms with Gasteiger partial charge in [-0.25, -0.2) is 0 Å². The number of piperidine rings is 1. The third-order valence-electron chi connectivity index (χ3n) is 4.51. The van der Waals surface area contributed by atoms with Gasteiger partial charge in [0.1, 0.15) is 0 Å². The lowest BCUT2D eigenvalue weighted by molar-refractivity contribution is 0.0384. The highest BCUT2D eigenvalue weighted by Gasteiger charge is 2.14. The molecule has 0 radical (unpaired) electrons. The monoisotopic (exact) mass is 274 g/mol. The molecule has 2 aliphatic rings. The molecule has 110 valence electrons. The molecule has 1 unspecified atom stereocenters. The number of ether oxygens (including phenoxy) is 1. The van der Waals surface area contributed by atoms with Crippen molar-refractivity contribution in [1.82, 2.24) is 10.2 Å². The van der Waals surface area contributed by atoms with E-state index in [1.807, 2.05) is 0 Å². The average molecular weight is 274 g/mol. The van der Waals surface area contributed by atoms with Gasteiger partial charge in [0.2, 0.25) is 0 Å². The molecular weight excluding hydrogens is 248 g/mol. The maximum atomic E-state index is 5.39. The summed E-state index contributed by atoms with van der Waals surface area (Å²) in [5.41, 5.74) is 2.91. The number of morpholine rings is 1. The fraction of sp³-hybridized carbons (Fsp3) is 0.647. The molecule has 2 saturated heterocycles. The number of nitrogens with zero attached hydrogens (tertiary/aromatic N) is 1. The Hall–Kier alpha value is -0.900. The molecule has 0 aliphatic carbocycles. The lowest BCUT2D eigenvalue weighted by Gasteiger charge is -2.26. The first-order valence-electron chi connectivity index (χ1n) is 8.04. The molecule has 1 atom stereocenters. The topological polar surface area (TPSA) is 24.5 Å². The van der Waals surface area contributed by atoms with Crippen molar-refractivity contribution >= 4 is 0 Å². The summed E-state index contributed by atoms with van der Waals surface area (Å²) in [4.78, 5) is 2.50. The number of nitrogens with one attached hydrogen (secondary N) is 1. The number of benzene rings is 1. The molecule has 20 heavy (non-hydrogen) atoms. The Morgan fingerprint density at radius 1 is 1.10 bits per heavy atom. The zero-order valence-electron chi connectivity index (χ0n) is 12.3. The zero-order chi connectivity index (χ0) is 13.6. The van der Waals surface area contributed by atoms with Crippen LogP contribution in [0.2, 0.25) is 0 Å². The van der Waals surface area contributed by atoms with Crippen LogP contribution in [0.3, 0.4) is 0 Å². The fourth-order valence-electron chi connectivity index (χ4n) is 3.16. The van der Waals surface area contributed by atoms with E-state index in [9.17, 15) is 0 Å². The molecule has 0 aromatic heterocycles. The molecule has 1 N–H and O–H groups in total. The molecule has 1 aromatic rings. The molecule has 3 rings (SSSR count). The van der Waals surface area contributed by atoms with Crippen LogP contribution in [0, 0.1) is 0 Å². The van der Waals surface area contributed by atoms with Crippen LogP contribution in [0.25, 0.3) is 0 Å². The predicted octanol–water partition coefficient (Wildman–Crippen LogP) is 2.38. The van der Waals surface area contributed by atoms with E-state index in [1.54, 1.807) is 0 Å². The van der Waals surface area contributed by atoms with Crippen molar-refractivity contribution in [2.75, 3.05) is 39.4 Å². The second kappa shape index (κ2) is 7.21. The highest BCUT2D eigenvalue weighted by Crippen LogP contribution is 2.23. The van der Waals surface area contributed by atoms with E-state index in [2.05, 4.69) is 34.5 Å². The van der Waals surface area contributed by atoms with Crippen molar-refractivity contribution in [2.45, 2.75) is 31.7 Å². The average Bonchev–Trinajstić information content (AvgIpc) is 2.55. The van der Waals surface area contributed by atoms with E-state index in [0.29, 0.717) is 6.04 Å². The fourth-order valence-corrected chi connectivity index (χ4v) is 3.16. The van der Waals surface area contributed by atoms with Gasteiger partial charge in [-0.15, -0.1) is 0 Å². The first-order chi connectivity index (χ1) is 9.92. The Bertz CT molecular complexity index is 392. The van der Waals surface area contributed by atoms with E-state index in [4.69, 9.17) is 4.74 Å². The molecule has 2 aliphatic heterocycles. The summed E-state index contributed by atoms with van der Waals surface area (Å²) in [6.45, 7) is 6.29. The Labute approximate surface area is 122 Å². The van der Waals surface area contributed by atoms with Crippen LogP contribution in [0.1, 0.15) is 36.4 Å². The van der Waals surface area contributed by atoms with Crippen molar-refractivity contribution in [2.24, 2.45) is 0 Å². The van der Waals surface area contributed by atoms with Gasteiger partial charge in [-0.3, -0.25) is 4.90 Å². The Morgan fingerprint density at radius 3 is 2.60 bits per heavy atom. The summed E-state index contributed by atoms with van der Waals surface area (Å²) >= 11 is 0. The molecule has 2 heterocycles. The molecule has 0 amide bonds. The maximum Gasteiger partial charge on any atom is 0.0594 e. The lowest BCUT2D eigenvalue weighted by atomic mass is 9.96. The summed E-state index contributed by atoms with van der Waals surface area (Å²) in [5.74, 6) is 0. The molecule has 2 fully saturated rings. The minimum Gasteiger partial charge on any atom is -0.379 e. The van der Waals surface area contributed by atoms with Crippen LogP contribution in [0.15, 0.2) is 24.3 Å². The van der Waals surface area contributed by atoms with E-state index in [0.717, 1.165) is 39.3 Å². The van der Waals surface area contributed by atoms with Crippen molar-refractivity contribution in [3.63, 3.8) is 0 Å². The van der Waals surface area contributed by atoms with E-state index < -0.39 is 0 Å². The van der Waals surface area contributed by atoms with Crippen molar-refractivity contribution in [1.29, 1.82) is 0 Å². The van der Waals surface area contributed by atoms with Crippen LogP contribution >= 0.6 is 0 Å². The van der Waals surface area contributed by atoms with Crippen LogP contribution in [-0.2, 0) is 11.2 Å². The third kappa shape index (κ3) is 3.81. The normalized spacial score (nSPS) is 24.7.